The van der Waals surface area contributed by atoms with Gasteiger partial charge in [0.2, 0.25) is 0 Å². The van der Waals surface area contributed by atoms with Crippen LogP contribution in [0.2, 0.25) is 18.1 Å². The second-order valence-electron chi connectivity index (χ2n) is 10.7. The highest BCUT2D eigenvalue weighted by Gasteiger charge is 2.37. The van der Waals surface area contributed by atoms with Crippen LogP contribution in [0.5, 0.6) is 0 Å². The molecule has 1 N–H and O–H groups in total. The Bertz CT molecular complexity index is 873. The number of hydrogen-bond acceptors (Lipinski definition) is 2. The molecule has 0 spiro atoms. The monoisotopic (exact) mass is 474 g/mol. The first-order valence-corrected chi connectivity index (χ1v) is 16.0. The van der Waals surface area contributed by atoms with E-state index in [9.17, 15) is 4.39 Å². The molecule has 1 saturated carbocycles. The summed E-state index contributed by atoms with van der Waals surface area (Å²) in [6, 6.07) is 8.78. The van der Waals surface area contributed by atoms with Gasteiger partial charge in [-0.2, -0.15) is 0 Å². The smallest absolute Gasteiger partial charge is 0.123 e. The Labute approximate surface area is 202 Å². The fraction of sp³-hybridized carbons (Fsp3) is 0.714. The molecule has 1 aromatic heterocycles. The number of nitrogens with one attached hydrogen (secondary N) is 1. The third kappa shape index (κ3) is 5.57. The first-order chi connectivity index (χ1) is 15.8. The van der Waals surface area contributed by atoms with E-state index in [-0.39, 0.29) is 5.82 Å². The van der Waals surface area contributed by atoms with Gasteiger partial charge in [-0.1, -0.05) is 58.7 Å². The summed E-state index contributed by atoms with van der Waals surface area (Å²) in [5, 5.41) is 2.41. The van der Waals surface area contributed by atoms with Crippen molar-refractivity contribution < 1.29 is 9.13 Å². The number of aromatic amines is 1. The number of halogens is 1. The Kier molecular flexibility index (Phi) is 9.21. The van der Waals surface area contributed by atoms with Crippen LogP contribution in [0.3, 0.4) is 0 Å². The molecule has 186 valence electrons. The molecule has 1 fully saturated rings. The summed E-state index contributed by atoms with van der Waals surface area (Å²) in [7, 11) is 2.88. The van der Waals surface area contributed by atoms with Crippen molar-refractivity contribution in [3.8, 4) is 0 Å². The maximum absolute atomic E-state index is 14.2. The van der Waals surface area contributed by atoms with Crippen LogP contribution in [-0.2, 0) is 11.3 Å². The van der Waals surface area contributed by atoms with Gasteiger partial charge in [-0.3, -0.25) is 0 Å². The Hall–Kier alpha value is -1.17. The average molecular weight is 475 g/mol. The average Bonchev–Trinajstić information content (AvgIpc) is 3.18. The fourth-order valence-corrected chi connectivity index (χ4v) is 10.0. The van der Waals surface area contributed by atoms with Crippen molar-refractivity contribution in [2.24, 2.45) is 5.92 Å². The standard InChI is InChI=1S/C28H47FN2OSi/c1-7-11-16-28(31(5)6)17-14-22(15-18-28)20-32-21-25-24-19-23(29)12-13-26(24)30-27(25)33(8-2,9-3)10-4/h12-13,19,22,30H,7-11,14-18,20-21H2,1-6H3. The van der Waals surface area contributed by atoms with E-state index in [0.29, 0.717) is 18.1 Å². The number of ether oxygens (including phenoxy) is 1. The van der Waals surface area contributed by atoms with Crippen LogP contribution in [0.25, 0.3) is 10.9 Å². The van der Waals surface area contributed by atoms with Gasteiger partial charge in [0.05, 0.1) is 6.61 Å². The molecule has 1 heterocycles. The molecule has 1 aliphatic rings. The molecule has 33 heavy (non-hydrogen) atoms. The van der Waals surface area contributed by atoms with Gasteiger partial charge in [0, 0.05) is 33.9 Å². The minimum Gasteiger partial charge on any atom is -0.376 e. The maximum atomic E-state index is 14.2. The van der Waals surface area contributed by atoms with Crippen LogP contribution >= 0.6 is 0 Å². The number of unbranched alkanes of at least 4 members (excludes halogenated alkanes) is 1. The molecule has 0 atom stereocenters. The van der Waals surface area contributed by atoms with Gasteiger partial charge in [0.1, 0.15) is 13.9 Å². The second-order valence-corrected chi connectivity index (χ2v) is 15.9. The van der Waals surface area contributed by atoms with E-state index >= 15 is 0 Å². The summed E-state index contributed by atoms with van der Waals surface area (Å²) in [5.41, 5.74) is 2.66. The molecule has 0 radical (unpaired) electrons. The highest BCUT2D eigenvalue weighted by molar-refractivity contribution is 6.91. The molecule has 0 saturated heterocycles. The van der Waals surface area contributed by atoms with Crippen molar-refractivity contribution in [2.75, 3.05) is 20.7 Å². The zero-order valence-electron chi connectivity index (χ0n) is 22.0. The van der Waals surface area contributed by atoms with Gasteiger partial charge in [-0.05, 0) is 70.3 Å². The SMILES string of the molecule is CCCCC1(N(C)C)CCC(COCc2c([Si](CC)(CC)CC)[nH]c3ccc(F)cc23)CC1. The van der Waals surface area contributed by atoms with Gasteiger partial charge in [0.25, 0.3) is 0 Å². The first kappa shape index (κ1) is 26.4. The third-order valence-electron chi connectivity index (χ3n) is 9.01. The molecule has 5 heteroatoms. The van der Waals surface area contributed by atoms with Crippen LogP contribution in [0, 0.1) is 11.7 Å². The minimum absolute atomic E-state index is 0.162. The predicted octanol–water partition coefficient (Wildman–Crippen LogP) is 7.22. The summed E-state index contributed by atoms with van der Waals surface area (Å²) in [5.74, 6) is 0.473. The number of fused-ring (bicyclic) bond motifs is 1. The normalized spacial score (nSPS) is 21.9. The molecule has 3 nitrogen and oxygen atoms in total. The molecule has 2 aromatic rings. The number of nitrogens with zero attached hydrogens (tertiary/aromatic N) is 1. The first-order valence-electron chi connectivity index (χ1n) is 13.4. The molecule has 0 unspecified atom stereocenters. The van der Waals surface area contributed by atoms with Gasteiger partial charge in [-0.15, -0.1) is 0 Å². The number of benzene rings is 1. The highest BCUT2D eigenvalue weighted by Crippen LogP contribution is 2.39. The van der Waals surface area contributed by atoms with Crippen molar-refractivity contribution in [2.45, 2.75) is 103 Å². The summed E-state index contributed by atoms with van der Waals surface area (Å²) >= 11 is 0. The second kappa shape index (κ2) is 11.5. The highest BCUT2D eigenvalue weighted by atomic mass is 28.3. The fourth-order valence-electron chi connectivity index (χ4n) is 6.24. The van der Waals surface area contributed by atoms with Crippen molar-refractivity contribution in [3.05, 3.63) is 29.6 Å². The van der Waals surface area contributed by atoms with Crippen molar-refractivity contribution in [3.63, 3.8) is 0 Å². The van der Waals surface area contributed by atoms with E-state index in [1.807, 2.05) is 6.07 Å². The predicted molar refractivity (Wildman–Crippen MR) is 143 cm³/mol. The summed E-state index contributed by atoms with van der Waals surface area (Å²) < 4.78 is 20.6. The van der Waals surface area contributed by atoms with E-state index in [4.69, 9.17) is 4.74 Å². The topological polar surface area (TPSA) is 28.3 Å². The number of H-pyrrole nitrogens is 1. The van der Waals surface area contributed by atoms with E-state index in [0.717, 1.165) is 17.5 Å². The molecular weight excluding hydrogens is 427 g/mol. The van der Waals surface area contributed by atoms with Crippen LogP contribution in [0.15, 0.2) is 18.2 Å². The molecular formula is C28H47FN2OSi. The molecule has 0 amide bonds. The summed E-state index contributed by atoms with van der Waals surface area (Å²) in [6.07, 6.45) is 8.94. The Morgan fingerprint density at radius 1 is 1.09 bits per heavy atom. The van der Waals surface area contributed by atoms with Crippen LogP contribution < -0.4 is 5.32 Å². The lowest BCUT2D eigenvalue weighted by Crippen LogP contribution is -2.48. The lowest BCUT2D eigenvalue weighted by Gasteiger charge is -2.45. The zero-order valence-corrected chi connectivity index (χ0v) is 23.0. The Balaban J connectivity index is 1.72. The molecule has 0 aliphatic heterocycles. The van der Waals surface area contributed by atoms with Crippen LogP contribution in [0.4, 0.5) is 4.39 Å². The Morgan fingerprint density at radius 2 is 1.76 bits per heavy atom. The molecule has 1 aliphatic carbocycles. The Morgan fingerprint density at radius 3 is 2.33 bits per heavy atom. The maximum Gasteiger partial charge on any atom is 0.123 e. The summed E-state index contributed by atoms with van der Waals surface area (Å²) in [4.78, 5) is 6.21. The van der Waals surface area contributed by atoms with Gasteiger partial charge in [0.15, 0.2) is 0 Å². The third-order valence-corrected chi connectivity index (χ3v) is 14.6. The van der Waals surface area contributed by atoms with Gasteiger partial charge < -0.3 is 14.6 Å². The van der Waals surface area contributed by atoms with Crippen LogP contribution in [-0.4, -0.2) is 44.2 Å². The van der Waals surface area contributed by atoms with Crippen LogP contribution in [0.1, 0.15) is 78.2 Å². The summed E-state index contributed by atoms with van der Waals surface area (Å²) in [6.45, 7) is 10.7. The largest absolute Gasteiger partial charge is 0.376 e. The van der Waals surface area contributed by atoms with Crippen molar-refractivity contribution in [1.29, 1.82) is 0 Å². The van der Waals surface area contributed by atoms with Crippen molar-refractivity contribution >= 4 is 24.3 Å². The number of hydrogen-bond donors (Lipinski definition) is 1. The lowest BCUT2D eigenvalue weighted by molar-refractivity contribution is 0.0260. The minimum atomic E-state index is -1.64. The van der Waals surface area contributed by atoms with E-state index in [2.05, 4.69) is 51.7 Å². The van der Waals surface area contributed by atoms with Gasteiger partial charge >= 0.3 is 0 Å². The molecule has 3 rings (SSSR count). The lowest BCUT2D eigenvalue weighted by atomic mass is 9.73. The number of aromatic nitrogens is 1. The molecule has 1 aromatic carbocycles. The van der Waals surface area contributed by atoms with Crippen molar-refractivity contribution in [1.82, 2.24) is 9.88 Å². The molecule has 0 bridgehead atoms. The zero-order chi connectivity index (χ0) is 24.1. The quantitative estimate of drug-likeness (QED) is 0.329. The number of rotatable bonds is 12. The van der Waals surface area contributed by atoms with E-state index < -0.39 is 8.07 Å². The van der Waals surface area contributed by atoms with E-state index in [1.54, 1.807) is 12.1 Å². The van der Waals surface area contributed by atoms with Gasteiger partial charge in [-0.25, -0.2) is 4.39 Å². The van der Waals surface area contributed by atoms with E-state index in [1.165, 1.54) is 74.0 Å².